The molecule has 1 aliphatic carbocycles. The van der Waals surface area contributed by atoms with Crippen LogP contribution in [0.15, 0.2) is 36.4 Å². The zero-order valence-electron chi connectivity index (χ0n) is 15.8. The van der Waals surface area contributed by atoms with Crippen molar-refractivity contribution in [1.82, 2.24) is 5.32 Å². The molecule has 0 radical (unpaired) electrons. The number of methoxy groups -OCH3 is 1. The lowest BCUT2D eigenvalue weighted by Gasteiger charge is -2.19. The van der Waals surface area contributed by atoms with Crippen molar-refractivity contribution in [3.05, 3.63) is 57.6 Å². The Hall–Kier alpha value is -1.42. The monoisotopic (exact) mass is 407 g/mol. The minimum absolute atomic E-state index is 0.368. The van der Waals surface area contributed by atoms with Gasteiger partial charge in [0.25, 0.3) is 0 Å². The maximum absolute atomic E-state index is 6.28. The molecule has 2 aromatic rings. The summed E-state index contributed by atoms with van der Waals surface area (Å²) >= 11 is 12.3. The van der Waals surface area contributed by atoms with Gasteiger partial charge >= 0.3 is 0 Å². The van der Waals surface area contributed by atoms with Gasteiger partial charge in [-0.15, -0.1) is 0 Å². The van der Waals surface area contributed by atoms with Gasteiger partial charge in [0.15, 0.2) is 11.5 Å². The van der Waals surface area contributed by atoms with Crippen molar-refractivity contribution in [2.24, 2.45) is 0 Å². The third-order valence-electron chi connectivity index (χ3n) is 5.10. The van der Waals surface area contributed by atoms with E-state index in [1.165, 1.54) is 38.5 Å². The summed E-state index contributed by atoms with van der Waals surface area (Å²) in [6.07, 6.45) is 7.84. The highest BCUT2D eigenvalue weighted by atomic mass is 35.5. The first-order chi connectivity index (χ1) is 13.2. The molecule has 5 heteroatoms. The van der Waals surface area contributed by atoms with Crippen molar-refractivity contribution in [1.29, 1.82) is 0 Å². The van der Waals surface area contributed by atoms with Crippen LogP contribution in [0.1, 0.15) is 49.7 Å². The summed E-state index contributed by atoms with van der Waals surface area (Å²) in [5.74, 6) is 1.51. The van der Waals surface area contributed by atoms with Crippen molar-refractivity contribution < 1.29 is 9.47 Å². The molecule has 0 unspecified atom stereocenters. The highest BCUT2D eigenvalue weighted by Crippen LogP contribution is 2.33. The predicted molar refractivity (Wildman–Crippen MR) is 112 cm³/mol. The van der Waals surface area contributed by atoms with Crippen LogP contribution in [0, 0.1) is 0 Å². The molecule has 1 saturated carbocycles. The minimum atomic E-state index is 0.368. The van der Waals surface area contributed by atoms with Gasteiger partial charge in [0.1, 0.15) is 6.61 Å². The van der Waals surface area contributed by atoms with Gasteiger partial charge < -0.3 is 14.8 Å². The number of hydrogen-bond donors (Lipinski definition) is 1. The molecule has 3 nitrogen and oxygen atoms in total. The molecule has 0 aromatic heterocycles. The Bertz CT molecular complexity index is 743. The van der Waals surface area contributed by atoms with Gasteiger partial charge in [0.05, 0.1) is 7.11 Å². The first-order valence-electron chi connectivity index (χ1n) is 9.63. The van der Waals surface area contributed by atoms with Crippen LogP contribution in [0.3, 0.4) is 0 Å². The molecular weight excluding hydrogens is 381 g/mol. The number of nitrogens with one attached hydrogen (secondary N) is 1. The van der Waals surface area contributed by atoms with Crippen LogP contribution in [-0.2, 0) is 13.2 Å². The summed E-state index contributed by atoms with van der Waals surface area (Å²) in [6, 6.07) is 12.0. The second kappa shape index (κ2) is 10.2. The molecule has 0 saturated heterocycles. The topological polar surface area (TPSA) is 30.5 Å². The Morgan fingerprint density at radius 1 is 1.00 bits per heavy atom. The SMILES string of the molecule is COc1cccc(CNC2CCCCCC2)c1OCc1ccc(Cl)cc1Cl. The first-order valence-corrected chi connectivity index (χ1v) is 10.4. The maximum Gasteiger partial charge on any atom is 0.166 e. The zero-order chi connectivity index (χ0) is 19.1. The summed E-state index contributed by atoms with van der Waals surface area (Å²) in [6.45, 7) is 1.14. The molecule has 1 N–H and O–H groups in total. The summed E-state index contributed by atoms with van der Waals surface area (Å²) in [7, 11) is 1.67. The maximum atomic E-state index is 6.28. The third-order valence-corrected chi connectivity index (χ3v) is 5.69. The van der Waals surface area contributed by atoms with E-state index in [1.54, 1.807) is 13.2 Å². The Kier molecular flexibility index (Phi) is 7.69. The number of hydrogen-bond acceptors (Lipinski definition) is 3. The van der Waals surface area contributed by atoms with Crippen molar-refractivity contribution in [3.63, 3.8) is 0 Å². The zero-order valence-corrected chi connectivity index (χ0v) is 17.3. The molecule has 0 amide bonds. The number of para-hydroxylation sites is 1. The molecular formula is C22H27Cl2NO2. The minimum Gasteiger partial charge on any atom is -0.493 e. The molecule has 3 rings (SSSR count). The smallest absolute Gasteiger partial charge is 0.166 e. The van der Waals surface area contributed by atoms with Crippen LogP contribution >= 0.6 is 23.2 Å². The number of rotatable bonds is 7. The lowest BCUT2D eigenvalue weighted by Crippen LogP contribution is -2.28. The molecule has 2 aromatic carbocycles. The Labute approximate surface area is 172 Å². The average Bonchev–Trinajstić information content (AvgIpc) is 2.94. The Morgan fingerprint density at radius 2 is 1.78 bits per heavy atom. The van der Waals surface area contributed by atoms with Crippen molar-refractivity contribution in [3.8, 4) is 11.5 Å². The molecule has 0 aliphatic heterocycles. The molecule has 0 atom stereocenters. The average molecular weight is 408 g/mol. The van der Waals surface area contributed by atoms with Gasteiger partial charge in [-0.25, -0.2) is 0 Å². The number of halogens is 2. The second-order valence-electron chi connectivity index (χ2n) is 7.04. The highest BCUT2D eigenvalue weighted by Gasteiger charge is 2.15. The number of benzene rings is 2. The van der Waals surface area contributed by atoms with E-state index in [2.05, 4.69) is 11.4 Å². The fraction of sp³-hybridized carbons (Fsp3) is 0.455. The normalized spacial score (nSPS) is 15.4. The third kappa shape index (κ3) is 5.78. The summed E-state index contributed by atoms with van der Waals surface area (Å²) in [4.78, 5) is 0. The summed E-state index contributed by atoms with van der Waals surface area (Å²) in [5.41, 5.74) is 2.00. The first kappa shape index (κ1) is 20.3. The largest absolute Gasteiger partial charge is 0.493 e. The standard InChI is InChI=1S/C22H27Cl2NO2/c1-26-21-10-6-7-16(14-25-19-8-4-2-3-5-9-19)22(21)27-15-17-11-12-18(23)13-20(17)24/h6-7,10-13,19,25H,2-5,8-9,14-15H2,1H3. The van der Waals surface area contributed by atoms with Crippen LogP contribution < -0.4 is 14.8 Å². The van der Waals surface area contributed by atoms with Gasteiger partial charge in [0, 0.05) is 33.8 Å². The van der Waals surface area contributed by atoms with Crippen molar-refractivity contribution >= 4 is 23.2 Å². The van der Waals surface area contributed by atoms with Gasteiger partial charge in [-0.2, -0.15) is 0 Å². The van der Waals surface area contributed by atoms with E-state index >= 15 is 0 Å². The molecule has 1 fully saturated rings. The molecule has 146 valence electrons. The van der Waals surface area contributed by atoms with E-state index in [-0.39, 0.29) is 0 Å². The van der Waals surface area contributed by atoms with E-state index in [1.807, 2.05) is 24.3 Å². The van der Waals surface area contributed by atoms with Gasteiger partial charge in [-0.05, 0) is 31.0 Å². The molecule has 0 bridgehead atoms. The Balaban J connectivity index is 1.70. The predicted octanol–water partition coefficient (Wildman–Crippen LogP) is 6.39. The fourth-order valence-electron chi connectivity index (χ4n) is 3.55. The summed E-state index contributed by atoms with van der Waals surface area (Å²) in [5, 5.41) is 4.93. The molecule has 27 heavy (non-hydrogen) atoms. The molecule has 0 heterocycles. The lowest BCUT2D eigenvalue weighted by molar-refractivity contribution is 0.280. The summed E-state index contributed by atoms with van der Waals surface area (Å²) < 4.78 is 11.7. The fourth-order valence-corrected chi connectivity index (χ4v) is 4.01. The van der Waals surface area contributed by atoms with Crippen LogP contribution in [0.5, 0.6) is 11.5 Å². The highest BCUT2D eigenvalue weighted by molar-refractivity contribution is 6.35. The second-order valence-corrected chi connectivity index (χ2v) is 7.89. The van der Waals surface area contributed by atoms with Gasteiger partial charge in [-0.3, -0.25) is 0 Å². The van der Waals surface area contributed by atoms with Gasteiger partial charge in [-0.1, -0.05) is 67.1 Å². The van der Waals surface area contributed by atoms with E-state index in [0.717, 1.165) is 29.2 Å². The van der Waals surface area contributed by atoms with E-state index in [0.29, 0.717) is 22.7 Å². The van der Waals surface area contributed by atoms with Crippen LogP contribution in [-0.4, -0.2) is 13.2 Å². The van der Waals surface area contributed by atoms with E-state index in [9.17, 15) is 0 Å². The van der Waals surface area contributed by atoms with Crippen LogP contribution in [0.2, 0.25) is 10.0 Å². The van der Waals surface area contributed by atoms with E-state index < -0.39 is 0 Å². The van der Waals surface area contributed by atoms with Crippen LogP contribution in [0.25, 0.3) is 0 Å². The van der Waals surface area contributed by atoms with Crippen molar-refractivity contribution in [2.45, 2.75) is 57.7 Å². The quantitative estimate of drug-likeness (QED) is 0.538. The molecule has 1 aliphatic rings. The van der Waals surface area contributed by atoms with Crippen molar-refractivity contribution in [2.75, 3.05) is 7.11 Å². The molecule has 0 spiro atoms. The van der Waals surface area contributed by atoms with E-state index in [4.69, 9.17) is 32.7 Å². The lowest BCUT2D eigenvalue weighted by atomic mass is 10.1. The Morgan fingerprint density at radius 3 is 2.48 bits per heavy atom. The number of ether oxygens (including phenoxy) is 2. The van der Waals surface area contributed by atoms with Gasteiger partial charge in [0.2, 0.25) is 0 Å². The van der Waals surface area contributed by atoms with Crippen LogP contribution in [0.4, 0.5) is 0 Å².